The maximum atomic E-state index is 12.8. The molecule has 0 N–H and O–H groups in total. The molecule has 200 valence electrons. The molecule has 1 atom stereocenters. The van der Waals surface area contributed by atoms with Crippen LogP contribution < -0.4 is 4.90 Å². The van der Waals surface area contributed by atoms with E-state index in [-0.39, 0.29) is 11.4 Å². The van der Waals surface area contributed by atoms with E-state index in [9.17, 15) is 22.8 Å². The molecule has 3 fully saturated rings. The number of halogens is 3. The normalized spacial score (nSPS) is 21.7. The number of aryl methyl sites for hydroxylation is 1. The van der Waals surface area contributed by atoms with Crippen molar-refractivity contribution in [2.24, 2.45) is 0 Å². The quantitative estimate of drug-likeness (QED) is 0.608. The topological polar surface area (TPSA) is 56.3 Å². The number of likely N-dealkylation sites (tertiary alicyclic amines) is 2. The third-order valence-electron chi connectivity index (χ3n) is 8.10. The van der Waals surface area contributed by atoms with Crippen molar-refractivity contribution in [2.45, 2.75) is 70.8 Å². The standard InChI is InChI=1S/C26H37F3N4O3/c1-19-5-6-22(23(17-19)31-15-13-30(14-16-31)21(3)34)18-33-10-4-7-25(33)8-11-32(12-9-25)24(35)36-20(2)26(27,28)29/h5-6,17,20H,4,7-16,18H2,1-3H3. The van der Waals surface area contributed by atoms with Crippen LogP contribution in [0.5, 0.6) is 0 Å². The predicted octanol–water partition coefficient (Wildman–Crippen LogP) is 4.18. The first-order valence-corrected chi connectivity index (χ1v) is 12.9. The van der Waals surface area contributed by atoms with Crippen molar-refractivity contribution in [2.75, 3.05) is 50.7 Å². The minimum absolute atomic E-state index is 0.0537. The molecule has 3 heterocycles. The van der Waals surface area contributed by atoms with Gasteiger partial charge in [-0.15, -0.1) is 0 Å². The number of ether oxygens (including phenoxy) is 1. The molecule has 10 heteroatoms. The summed E-state index contributed by atoms with van der Waals surface area (Å²) in [6.45, 7) is 10.1. The molecule has 4 rings (SSSR count). The van der Waals surface area contributed by atoms with E-state index in [4.69, 9.17) is 0 Å². The number of nitrogens with zero attached hydrogens (tertiary/aromatic N) is 4. The van der Waals surface area contributed by atoms with Crippen LogP contribution in [-0.4, -0.2) is 90.3 Å². The van der Waals surface area contributed by atoms with Crippen LogP contribution >= 0.6 is 0 Å². The average Bonchev–Trinajstić information content (AvgIpc) is 3.21. The molecule has 0 aromatic heterocycles. The molecule has 1 spiro atoms. The summed E-state index contributed by atoms with van der Waals surface area (Å²) in [6.07, 6.45) is -4.02. The number of amides is 2. The van der Waals surface area contributed by atoms with Gasteiger partial charge >= 0.3 is 12.3 Å². The Morgan fingerprint density at radius 3 is 2.28 bits per heavy atom. The summed E-state index contributed by atoms with van der Waals surface area (Å²) in [4.78, 5) is 32.2. The van der Waals surface area contributed by atoms with Crippen LogP contribution in [0.2, 0.25) is 0 Å². The summed E-state index contributed by atoms with van der Waals surface area (Å²) < 4.78 is 43.1. The molecule has 1 aromatic carbocycles. The Balaban J connectivity index is 1.41. The highest BCUT2D eigenvalue weighted by Crippen LogP contribution is 2.40. The third-order valence-corrected chi connectivity index (χ3v) is 8.10. The Bertz CT molecular complexity index is 954. The number of anilines is 1. The summed E-state index contributed by atoms with van der Waals surface area (Å²) in [5.41, 5.74) is 3.60. The van der Waals surface area contributed by atoms with Gasteiger partial charge in [-0.25, -0.2) is 4.79 Å². The first-order valence-electron chi connectivity index (χ1n) is 12.9. The van der Waals surface area contributed by atoms with Gasteiger partial charge in [0.1, 0.15) is 0 Å². The van der Waals surface area contributed by atoms with Gasteiger partial charge in [-0.05, 0) is 63.3 Å². The zero-order valence-electron chi connectivity index (χ0n) is 21.4. The summed E-state index contributed by atoms with van der Waals surface area (Å²) in [5, 5.41) is 0. The van der Waals surface area contributed by atoms with E-state index < -0.39 is 18.4 Å². The maximum Gasteiger partial charge on any atom is 0.425 e. The van der Waals surface area contributed by atoms with Crippen molar-refractivity contribution in [3.05, 3.63) is 29.3 Å². The van der Waals surface area contributed by atoms with E-state index in [1.807, 2.05) is 4.90 Å². The SMILES string of the molecule is CC(=O)N1CCN(c2cc(C)ccc2CN2CCCC23CCN(C(=O)OC(C)C(F)(F)F)CC3)CC1. The van der Waals surface area contributed by atoms with Crippen LogP contribution in [0.4, 0.5) is 23.7 Å². The second-order valence-corrected chi connectivity index (χ2v) is 10.4. The molecular weight excluding hydrogens is 473 g/mol. The first-order chi connectivity index (χ1) is 17.0. The lowest BCUT2D eigenvalue weighted by atomic mass is 9.84. The fraction of sp³-hybridized carbons (Fsp3) is 0.692. The van der Waals surface area contributed by atoms with Crippen LogP contribution in [0.25, 0.3) is 0 Å². The monoisotopic (exact) mass is 510 g/mol. The molecule has 7 nitrogen and oxygen atoms in total. The van der Waals surface area contributed by atoms with Gasteiger partial charge in [0, 0.05) is 64.0 Å². The van der Waals surface area contributed by atoms with Crippen LogP contribution in [0.3, 0.4) is 0 Å². The van der Waals surface area contributed by atoms with Crippen molar-refractivity contribution in [3.63, 3.8) is 0 Å². The number of piperazine rings is 1. The first kappa shape index (κ1) is 26.6. The third kappa shape index (κ3) is 5.74. The fourth-order valence-corrected chi connectivity index (χ4v) is 5.78. The molecule has 2 amide bonds. The van der Waals surface area contributed by atoms with Gasteiger partial charge in [-0.3, -0.25) is 9.69 Å². The summed E-state index contributed by atoms with van der Waals surface area (Å²) in [7, 11) is 0. The molecule has 3 saturated heterocycles. The van der Waals surface area contributed by atoms with Gasteiger partial charge in [0.15, 0.2) is 6.10 Å². The number of carbonyl (C=O) groups excluding carboxylic acids is 2. The van der Waals surface area contributed by atoms with E-state index in [1.54, 1.807) is 6.92 Å². The largest absolute Gasteiger partial charge is 0.437 e. The van der Waals surface area contributed by atoms with Crippen LogP contribution in [-0.2, 0) is 16.1 Å². The van der Waals surface area contributed by atoms with Crippen LogP contribution in [0, 0.1) is 6.92 Å². The molecule has 0 saturated carbocycles. The molecular formula is C26H37F3N4O3. The second-order valence-electron chi connectivity index (χ2n) is 10.4. The second kappa shape index (κ2) is 10.5. The number of rotatable bonds is 4. The number of hydrogen-bond donors (Lipinski definition) is 0. The Morgan fingerprint density at radius 1 is 1.00 bits per heavy atom. The van der Waals surface area contributed by atoms with E-state index in [1.165, 1.54) is 21.7 Å². The van der Waals surface area contributed by atoms with E-state index in [0.29, 0.717) is 13.1 Å². The lowest BCUT2D eigenvalue weighted by Crippen LogP contribution is -2.53. The molecule has 1 unspecified atom stereocenters. The van der Waals surface area contributed by atoms with Crippen molar-refractivity contribution >= 4 is 17.7 Å². The van der Waals surface area contributed by atoms with E-state index in [0.717, 1.165) is 71.9 Å². The molecule has 0 radical (unpaired) electrons. The zero-order chi connectivity index (χ0) is 26.1. The highest BCUT2D eigenvalue weighted by atomic mass is 19.4. The van der Waals surface area contributed by atoms with Gasteiger partial charge in [-0.2, -0.15) is 13.2 Å². The van der Waals surface area contributed by atoms with Gasteiger partial charge in [0.25, 0.3) is 0 Å². The van der Waals surface area contributed by atoms with Crippen molar-refractivity contribution in [1.29, 1.82) is 0 Å². The van der Waals surface area contributed by atoms with Crippen molar-refractivity contribution < 1.29 is 27.5 Å². The Kier molecular flexibility index (Phi) is 7.73. The van der Waals surface area contributed by atoms with E-state index in [2.05, 4.69) is 39.7 Å². The lowest BCUT2D eigenvalue weighted by Gasteiger charge is -2.45. The average molecular weight is 511 g/mol. The van der Waals surface area contributed by atoms with Gasteiger partial charge in [0.05, 0.1) is 0 Å². The molecule has 0 bridgehead atoms. The fourth-order valence-electron chi connectivity index (χ4n) is 5.78. The Hall–Kier alpha value is -2.49. The summed E-state index contributed by atoms with van der Waals surface area (Å²) in [6, 6.07) is 6.55. The number of hydrogen-bond acceptors (Lipinski definition) is 5. The van der Waals surface area contributed by atoms with Crippen LogP contribution in [0.15, 0.2) is 18.2 Å². The lowest BCUT2D eigenvalue weighted by molar-refractivity contribution is -0.200. The van der Waals surface area contributed by atoms with Crippen molar-refractivity contribution in [3.8, 4) is 0 Å². The maximum absolute atomic E-state index is 12.8. The number of piperidine rings is 1. The van der Waals surface area contributed by atoms with E-state index >= 15 is 0 Å². The number of alkyl halides is 3. The minimum Gasteiger partial charge on any atom is -0.437 e. The van der Waals surface area contributed by atoms with Crippen molar-refractivity contribution in [1.82, 2.24) is 14.7 Å². The minimum atomic E-state index is -4.56. The number of carbonyl (C=O) groups is 2. The number of benzene rings is 1. The van der Waals surface area contributed by atoms with Crippen LogP contribution in [0.1, 0.15) is 50.7 Å². The zero-order valence-corrected chi connectivity index (χ0v) is 21.4. The van der Waals surface area contributed by atoms with Gasteiger partial charge < -0.3 is 19.4 Å². The van der Waals surface area contributed by atoms with Gasteiger partial charge in [-0.1, -0.05) is 12.1 Å². The molecule has 3 aliphatic heterocycles. The Morgan fingerprint density at radius 2 is 1.67 bits per heavy atom. The summed E-state index contributed by atoms with van der Waals surface area (Å²) in [5.74, 6) is 0.112. The smallest absolute Gasteiger partial charge is 0.425 e. The molecule has 36 heavy (non-hydrogen) atoms. The van der Waals surface area contributed by atoms with Gasteiger partial charge in [0.2, 0.25) is 5.91 Å². The highest BCUT2D eigenvalue weighted by Gasteiger charge is 2.45. The molecule has 0 aliphatic carbocycles. The highest BCUT2D eigenvalue weighted by molar-refractivity contribution is 5.73. The summed E-state index contributed by atoms with van der Waals surface area (Å²) >= 11 is 0. The predicted molar refractivity (Wildman–Crippen MR) is 131 cm³/mol. The molecule has 3 aliphatic rings. The molecule has 1 aromatic rings. The Labute approximate surface area is 211 Å².